The molecule has 0 saturated heterocycles. The maximum Gasteiger partial charge on any atom is 0.222 e. The van der Waals surface area contributed by atoms with Crippen molar-refractivity contribution in [3.8, 4) is 0 Å². The third kappa shape index (κ3) is 6.58. The molecule has 1 amide bonds. The van der Waals surface area contributed by atoms with Crippen molar-refractivity contribution in [1.82, 2.24) is 4.90 Å². The van der Waals surface area contributed by atoms with Gasteiger partial charge in [0.1, 0.15) is 0 Å². The predicted octanol–water partition coefficient (Wildman–Crippen LogP) is 3.22. The van der Waals surface area contributed by atoms with E-state index >= 15 is 0 Å². The van der Waals surface area contributed by atoms with Crippen molar-refractivity contribution in [2.75, 3.05) is 31.6 Å². The minimum Gasteiger partial charge on any atom is -0.373 e. The van der Waals surface area contributed by atoms with Crippen molar-refractivity contribution in [1.29, 1.82) is 0 Å². The number of fused-ring (bicyclic) bond motifs is 1. The molecule has 1 aromatic carbocycles. The first-order valence-corrected chi connectivity index (χ1v) is 7.99. The largest absolute Gasteiger partial charge is 0.373 e. The Kier molecular flexibility index (Phi) is 11.1. The molecule has 2 N–H and O–H groups in total. The lowest BCUT2D eigenvalue weighted by Crippen LogP contribution is -2.34. The fraction of sp³-hybridized carbons (Fsp3) is 0.588. The molecule has 6 heteroatoms. The molecule has 0 atom stereocenters. The number of hydrogen-bond donors (Lipinski definition) is 1. The molecular weight excluding hydrogens is 333 g/mol. The molecule has 1 aromatic rings. The fourth-order valence-electron chi connectivity index (χ4n) is 2.84. The van der Waals surface area contributed by atoms with Gasteiger partial charge in [-0.1, -0.05) is 31.0 Å². The zero-order valence-electron chi connectivity index (χ0n) is 13.9. The van der Waals surface area contributed by atoms with Crippen LogP contribution in [0.3, 0.4) is 0 Å². The van der Waals surface area contributed by atoms with Crippen LogP contribution < -0.4 is 10.6 Å². The van der Waals surface area contributed by atoms with Gasteiger partial charge in [0.25, 0.3) is 0 Å². The van der Waals surface area contributed by atoms with Crippen molar-refractivity contribution in [3.63, 3.8) is 0 Å². The summed E-state index contributed by atoms with van der Waals surface area (Å²) < 4.78 is 0. The maximum atomic E-state index is 12.4. The number of benzene rings is 1. The number of halogens is 2. The average molecular weight is 362 g/mol. The van der Waals surface area contributed by atoms with Crippen LogP contribution in [0.25, 0.3) is 0 Å². The quantitative estimate of drug-likeness (QED) is 0.791. The molecule has 132 valence electrons. The molecule has 23 heavy (non-hydrogen) atoms. The molecule has 0 aliphatic carbocycles. The van der Waals surface area contributed by atoms with Gasteiger partial charge in [0, 0.05) is 38.8 Å². The zero-order chi connectivity index (χ0) is 15.1. The van der Waals surface area contributed by atoms with Crippen molar-refractivity contribution >= 4 is 36.4 Å². The summed E-state index contributed by atoms with van der Waals surface area (Å²) in [7, 11) is 2.10. The number of nitrogens with two attached hydrogens (primary N) is 1. The van der Waals surface area contributed by atoms with E-state index in [0.29, 0.717) is 6.42 Å². The number of amides is 1. The average Bonchev–Trinajstić information content (AvgIpc) is 2.67. The molecule has 0 saturated carbocycles. The van der Waals surface area contributed by atoms with Gasteiger partial charge in [0.05, 0.1) is 0 Å². The lowest BCUT2D eigenvalue weighted by Gasteiger charge is -2.21. The van der Waals surface area contributed by atoms with Crippen molar-refractivity contribution in [2.24, 2.45) is 5.73 Å². The molecule has 1 aliphatic rings. The van der Waals surface area contributed by atoms with Gasteiger partial charge < -0.3 is 15.5 Å². The standard InChI is InChI=1S/C17H27N3O.2ClH/c1-19-12-13-20(14-15-8-5-6-9-16(15)19)17(21)10-4-2-3-7-11-18;;/h5-6,8-9H,2-4,7,10-14,18H2,1H3;2*1H. The Bertz CT molecular complexity index is 471. The highest BCUT2D eigenvalue weighted by Gasteiger charge is 2.20. The SMILES string of the molecule is CN1CCN(C(=O)CCCCCCN)Cc2ccccc21.Cl.Cl. The van der Waals surface area contributed by atoms with Crippen molar-refractivity contribution in [3.05, 3.63) is 29.8 Å². The fourth-order valence-corrected chi connectivity index (χ4v) is 2.84. The Balaban J connectivity index is 0.00000242. The molecule has 4 nitrogen and oxygen atoms in total. The second-order valence-electron chi connectivity index (χ2n) is 5.82. The van der Waals surface area contributed by atoms with E-state index in [1.54, 1.807) is 0 Å². The van der Waals surface area contributed by atoms with E-state index in [1.807, 2.05) is 11.0 Å². The third-order valence-corrected chi connectivity index (χ3v) is 4.17. The summed E-state index contributed by atoms with van der Waals surface area (Å²) in [5.41, 5.74) is 7.97. The molecule has 1 aliphatic heterocycles. The first kappa shape index (κ1) is 22.0. The van der Waals surface area contributed by atoms with Crippen LogP contribution in [0.15, 0.2) is 24.3 Å². The second-order valence-corrected chi connectivity index (χ2v) is 5.82. The van der Waals surface area contributed by atoms with E-state index in [1.165, 1.54) is 11.3 Å². The van der Waals surface area contributed by atoms with Gasteiger partial charge in [-0.2, -0.15) is 0 Å². The Labute approximate surface area is 152 Å². The highest BCUT2D eigenvalue weighted by Crippen LogP contribution is 2.24. The van der Waals surface area contributed by atoms with Crippen LogP contribution in [0.1, 0.15) is 37.7 Å². The third-order valence-electron chi connectivity index (χ3n) is 4.17. The minimum absolute atomic E-state index is 0. The molecule has 0 bridgehead atoms. The summed E-state index contributed by atoms with van der Waals surface area (Å²) in [5.74, 6) is 0.285. The smallest absolute Gasteiger partial charge is 0.222 e. The lowest BCUT2D eigenvalue weighted by molar-refractivity contribution is -0.131. The normalized spacial score (nSPS) is 13.5. The van der Waals surface area contributed by atoms with E-state index in [0.717, 1.165) is 51.9 Å². The number of para-hydroxylation sites is 1. The second kappa shape index (κ2) is 11.5. The van der Waals surface area contributed by atoms with E-state index in [2.05, 4.69) is 30.1 Å². The summed E-state index contributed by atoms with van der Waals surface area (Å²) in [6.45, 7) is 3.20. The molecule has 0 unspecified atom stereocenters. The molecule has 2 rings (SSSR count). The van der Waals surface area contributed by atoms with Crippen LogP contribution in [-0.4, -0.2) is 37.5 Å². The summed E-state index contributed by atoms with van der Waals surface area (Å²) in [6.07, 6.45) is 4.95. The van der Waals surface area contributed by atoms with Crippen molar-refractivity contribution < 1.29 is 4.79 Å². The van der Waals surface area contributed by atoms with E-state index in [4.69, 9.17) is 5.73 Å². The molecule has 0 radical (unpaired) electrons. The Morgan fingerprint density at radius 3 is 2.52 bits per heavy atom. The number of nitrogens with zero attached hydrogens (tertiary/aromatic N) is 2. The topological polar surface area (TPSA) is 49.6 Å². The molecule has 0 spiro atoms. The zero-order valence-corrected chi connectivity index (χ0v) is 15.5. The summed E-state index contributed by atoms with van der Waals surface area (Å²) >= 11 is 0. The number of anilines is 1. The van der Waals surface area contributed by atoms with Crippen molar-refractivity contribution in [2.45, 2.75) is 38.6 Å². The number of likely N-dealkylation sites (N-methyl/N-ethyl adjacent to an activating group) is 1. The number of unbranched alkanes of at least 4 members (excludes halogenated alkanes) is 3. The Morgan fingerprint density at radius 1 is 1.09 bits per heavy atom. The lowest BCUT2D eigenvalue weighted by atomic mass is 10.1. The van der Waals surface area contributed by atoms with Crippen LogP contribution in [-0.2, 0) is 11.3 Å². The van der Waals surface area contributed by atoms with Gasteiger partial charge in [-0.15, -0.1) is 24.8 Å². The highest BCUT2D eigenvalue weighted by atomic mass is 35.5. The number of rotatable bonds is 6. The minimum atomic E-state index is 0. The van der Waals surface area contributed by atoms with Crippen LogP contribution >= 0.6 is 24.8 Å². The molecule has 1 heterocycles. The van der Waals surface area contributed by atoms with Crippen LogP contribution in [0.2, 0.25) is 0 Å². The monoisotopic (exact) mass is 361 g/mol. The summed E-state index contributed by atoms with van der Waals surface area (Å²) in [4.78, 5) is 16.6. The first-order valence-electron chi connectivity index (χ1n) is 7.99. The van der Waals surface area contributed by atoms with Gasteiger partial charge in [-0.25, -0.2) is 0 Å². The van der Waals surface area contributed by atoms with Gasteiger partial charge in [-0.05, 0) is 31.0 Å². The number of carbonyl (C=O) groups is 1. The number of carbonyl (C=O) groups excluding carboxylic acids is 1. The molecule has 0 fully saturated rings. The van der Waals surface area contributed by atoms with E-state index in [9.17, 15) is 4.79 Å². The first-order chi connectivity index (χ1) is 10.2. The van der Waals surface area contributed by atoms with Gasteiger partial charge in [0.15, 0.2) is 0 Å². The van der Waals surface area contributed by atoms with Gasteiger partial charge >= 0.3 is 0 Å². The Morgan fingerprint density at radius 2 is 1.78 bits per heavy atom. The van der Waals surface area contributed by atoms with Crippen LogP contribution in [0.5, 0.6) is 0 Å². The molecule has 0 aromatic heterocycles. The van der Waals surface area contributed by atoms with Gasteiger partial charge in [-0.3, -0.25) is 4.79 Å². The van der Waals surface area contributed by atoms with E-state index < -0.39 is 0 Å². The highest BCUT2D eigenvalue weighted by molar-refractivity contribution is 5.85. The predicted molar refractivity (Wildman–Crippen MR) is 102 cm³/mol. The van der Waals surface area contributed by atoms with E-state index in [-0.39, 0.29) is 30.7 Å². The molecular formula is C17H29Cl2N3O. The number of hydrogen-bond acceptors (Lipinski definition) is 3. The van der Waals surface area contributed by atoms with Gasteiger partial charge in [0.2, 0.25) is 5.91 Å². The summed E-state index contributed by atoms with van der Waals surface area (Å²) in [6, 6.07) is 8.37. The Hall–Kier alpha value is -0.970. The van der Waals surface area contributed by atoms with Crippen LogP contribution in [0, 0.1) is 0 Å². The summed E-state index contributed by atoms with van der Waals surface area (Å²) in [5, 5.41) is 0. The maximum absolute atomic E-state index is 12.4. The van der Waals surface area contributed by atoms with Crippen LogP contribution in [0.4, 0.5) is 5.69 Å².